The van der Waals surface area contributed by atoms with E-state index in [9.17, 15) is 9.59 Å². The first-order chi connectivity index (χ1) is 14.5. The van der Waals surface area contributed by atoms with Gasteiger partial charge in [0, 0.05) is 31.6 Å². The van der Waals surface area contributed by atoms with Crippen molar-refractivity contribution in [3.63, 3.8) is 0 Å². The van der Waals surface area contributed by atoms with Gasteiger partial charge >= 0.3 is 0 Å². The number of hydrogen-bond acceptors (Lipinski definition) is 6. The number of nitrogens with one attached hydrogen (secondary N) is 2. The van der Waals surface area contributed by atoms with E-state index < -0.39 is 0 Å². The Kier molecular flexibility index (Phi) is 8.33. The van der Waals surface area contributed by atoms with E-state index in [1.165, 1.54) is 37.3 Å². The number of carbonyl (C=O) groups is 2. The number of aromatic nitrogens is 2. The number of aryl methyl sites for hydroxylation is 2. The van der Waals surface area contributed by atoms with Crippen LogP contribution in [0.25, 0.3) is 0 Å². The first kappa shape index (κ1) is 22.4. The molecule has 3 rings (SSSR count). The summed E-state index contributed by atoms with van der Waals surface area (Å²) in [5, 5.41) is 14.8. The van der Waals surface area contributed by atoms with Crippen LogP contribution in [0.4, 0.5) is 5.69 Å². The van der Waals surface area contributed by atoms with Crippen LogP contribution in [0.15, 0.2) is 24.3 Å². The van der Waals surface area contributed by atoms with Crippen LogP contribution >= 0.6 is 11.3 Å². The maximum absolute atomic E-state index is 12.3. The lowest BCUT2D eigenvalue weighted by Gasteiger charge is -2.30. The second-order valence-corrected chi connectivity index (χ2v) is 9.13. The van der Waals surface area contributed by atoms with Crippen LogP contribution in [0.5, 0.6) is 0 Å². The van der Waals surface area contributed by atoms with Gasteiger partial charge in [0.2, 0.25) is 10.9 Å². The molecule has 1 aromatic carbocycles. The van der Waals surface area contributed by atoms with Crippen molar-refractivity contribution in [2.75, 3.05) is 31.5 Å². The van der Waals surface area contributed by atoms with Crippen LogP contribution < -0.4 is 10.6 Å². The van der Waals surface area contributed by atoms with Gasteiger partial charge in [0.05, 0.1) is 0 Å². The molecular formula is C22H31N5O2S. The van der Waals surface area contributed by atoms with E-state index in [4.69, 9.17) is 0 Å². The zero-order chi connectivity index (χ0) is 21.3. The molecule has 7 nitrogen and oxygen atoms in total. The number of hydrogen-bond donors (Lipinski definition) is 2. The van der Waals surface area contributed by atoms with Crippen LogP contribution in [0.3, 0.4) is 0 Å². The van der Waals surface area contributed by atoms with Crippen LogP contribution in [-0.4, -0.2) is 53.1 Å². The fourth-order valence-corrected chi connectivity index (χ4v) is 4.33. The molecule has 0 saturated carbocycles. The van der Waals surface area contributed by atoms with E-state index in [-0.39, 0.29) is 11.8 Å². The summed E-state index contributed by atoms with van der Waals surface area (Å²) >= 11 is 1.23. The van der Waals surface area contributed by atoms with Crippen molar-refractivity contribution in [2.45, 2.75) is 46.0 Å². The lowest BCUT2D eigenvalue weighted by atomic mass is 10.0. The predicted molar refractivity (Wildman–Crippen MR) is 120 cm³/mol. The highest BCUT2D eigenvalue weighted by Gasteiger charge is 2.16. The number of benzene rings is 1. The van der Waals surface area contributed by atoms with Crippen molar-refractivity contribution in [3.8, 4) is 0 Å². The lowest BCUT2D eigenvalue weighted by molar-refractivity contribution is -0.121. The fourth-order valence-electron chi connectivity index (χ4n) is 3.60. The average Bonchev–Trinajstić information content (AvgIpc) is 3.21. The molecule has 1 saturated heterocycles. The van der Waals surface area contributed by atoms with Crippen LogP contribution in [0.1, 0.15) is 53.0 Å². The maximum Gasteiger partial charge on any atom is 0.286 e. The molecule has 2 heterocycles. The van der Waals surface area contributed by atoms with E-state index in [2.05, 4.69) is 32.7 Å². The molecule has 2 aromatic rings. The summed E-state index contributed by atoms with van der Waals surface area (Å²) < 4.78 is 0. The summed E-state index contributed by atoms with van der Waals surface area (Å²) in [6, 6.07) is 7.58. The standard InChI is InChI=1S/C22H31N5O2S/c1-16-6-8-18(9-7-16)24-21(29)22-26-25-20(30-22)11-10-19(28)23-12-4-14-27-13-3-5-17(2)15-27/h6-9,17H,3-5,10-15H2,1-2H3,(H,23,28)(H,24,29)/t17-/m0/s1. The fraction of sp³-hybridized carbons (Fsp3) is 0.545. The Bertz CT molecular complexity index is 836. The molecule has 2 amide bonds. The summed E-state index contributed by atoms with van der Waals surface area (Å²) in [6.45, 7) is 8.39. The normalized spacial score (nSPS) is 16.9. The molecule has 1 aliphatic rings. The van der Waals surface area contributed by atoms with E-state index in [0.29, 0.717) is 29.4 Å². The third-order valence-electron chi connectivity index (χ3n) is 5.25. The van der Waals surface area contributed by atoms with Gasteiger partial charge in [-0.05, 0) is 57.3 Å². The van der Waals surface area contributed by atoms with Crippen molar-refractivity contribution in [3.05, 3.63) is 39.8 Å². The zero-order valence-electron chi connectivity index (χ0n) is 17.8. The SMILES string of the molecule is Cc1ccc(NC(=O)c2nnc(CCC(=O)NCCCN3CCC[C@H](C)C3)s2)cc1. The van der Waals surface area contributed by atoms with Gasteiger partial charge in [-0.15, -0.1) is 10.2 Å². The Morgan fingerprint density at radius 3 is 2.80 bits per heavy atom. The van der Waals surface area contributed by atoms with E-state index in [1.54, 1.807) is 0 Å². The minimum Gasteiger partial charge on any atom is -0.356 e. The summed E-state index contributed by atoms with van der Waals surface area (Å²) in [5.74, 6) is 0.520. The average molecular weight is 430 g/mol. The largest absolute Gasteiger partial charge is 0.356 e. The molecular weight excluding hydrogens is 398 g/mol. The highest BCUT2D eigenvalue weighted by atomic mass is 32.1. The number of amides is 2. The third kappa shape index (κ3) is 7.18. The van der Waals surface area contributed by atoms with Gasteiger partial charge in [-0.25, -0.2) is 0 Å². The molecule has 1 fully saturated rings. The van der Waals surface area contributed by atoms with Gasteiger partial charge in [0.25, 0.3) is 5.91 Å². The summed E-state index contributed by atoms with van der Waals surface area (Å²) in [6.07, 6.45) is 4.43. The predicted octanol–water partition coefficient (Wildman–Crippen LogP) is 3.27. The Morgan fingerprint density at radius 1 is 1.23 bits per heavy atom. The first-order valence-electron chi connectivity index (χ1n) is 10.7. The van der Waals surface area contributed by atoms with Crippen LogP contribution in [0, 0.1) is 12.8 Å². The quantitative estimate of drug-likeness (QED) is 0.598. The molecule has 0 unspecified atom stereocenters. The molecule has 0 aliphatic carbocycles. The van der Waals surface area contributed by atoms with Crippen molar-refractivity contribution in [1.29, 1.82) is 0 Å². The number of likely N-dealkylation sites (tertiary alicyclic amines) is 1. The molecule has 2 N–H and O–H groups in total. The molecule has 0 spiro atoms. The van der Waals surface area contributed by atoms with Gasteiger partial charge in [0.1, 0.15) is 5.01 Å². The number of carbonyl (C=O) groups excluding carboxylic acids is 2. The summed E-state index contributed by atoms with van der Waals surface area (Å²) in [7, 11) is 0. The highest BCUT2D eigenvalue weighted by molar-refractivity contribution is 7.13. The van der Waals surface area contributed by atoms with Crippen LogP contribution in [0.2, 0.25) is 0 Å². The van der Waals surface area contributed by atoms with E-state index in [1.807, 2.05) is 31.2 Å². The van der Waals surface area contributed by atoms with E-state index in [0.717, 1.165) is 30.1 Å². The minimum atomic E-state index is -0.279. The molecule has 162 valence electrons. The molecule has 0 radical (unpaired) electrons. The number of piperidine rings is 1. The first-order valence-corrected chi connectivity index (χ1v) is 11.5. The van der Waals surface area contributed by atoms with Gasteiger partial charge in [-0.3, -0.25) is 9.59 Å². The molecule has 8 heteroatoms. The van der Waals surface area contributed by atoms with Gasteiger partial charge in [0.15, 0.2) is 0 Å². The number of rotatable bonds is 9. The van der Waals surface area contributed by atoms with Gasteiger partial charge in [-0.2, -0.15) is 0 Å². The third-order valence-corrected chi connectivity index (χ3v) is 6.23. The maximum atomic E-state index is 12.3. The second kappa shape index (κ2) is 11.2. The summed E-state index contributed by atoms with van der Waals surface area (Å²) in [4.78, 5) is 26.9. The molecule has 0 bridgehead atoms. The summed E-state index contributed by atoms with van der Waals surface area (Å²) in [5.41, 5.74) is 1.85. The molecule has 30 heavy (non-hydrogen) atoms. The Balaban J connectivity index is 1.33. The molecule has 1 aromatic heterocycles. The van der Waals surface area contributed by atoms with E-state index >= 15 is 0 Å². The Labute approximate surface area is 182 Å². The highest BCUT2D eigenvalue weighted by Crippen LogP contribution is 2.16. The second-order valence-electron chi connectivity index (χ2n) is 8.07. The molecule has 1 atom stereocenters. The van der Waals surface area contributed by atoms with Crippen molar-refractivity contribution >= 4 is 28.8 Å². The number of anilines is 1. The monoisotopic (exact) mass is 429 g/mol. The van der Waals surface area contributed by atoms with Crippen molar-refractivity contribution < 1.29 is 9.59 Å². The van der Waals surface area contributed by atoms with Gasteiger partial charge in [-0.1, -0.05) is 36.0 Å². The lowest BCUT2D eigenvalue weighted by Crippen LogP contribution is -2.36. The van der Waals surface area contributed by atoms with Crippen molar-refractivity contribution in [1.82, 2.24) is 20.4 Å². The number of nitrogens with zero attached hydrogens (tertiary/aromatic N) is 3. The zero-order valence-corrected chi connectivity index (χ0v) is 18.6. The van der Waals surface area contributed by atoms with Gasteiger partial charge < -0.3 is 15.5 Å². The van der Waals surface area contributed by atoms with Crippen LogP contribution in [-0.2, 0) is 11.2 Å². The smallest absolute Gasteiger partial charge is 0.286 e. The topological polar surface area (TPSA) is 87.2 Å². The Hall–Kier alpha value is -2.32. The van der Waals surface area contributed by atoms with Crippen molar-refractivity contribution in [2.24, 2.45) is 5.92 Å². The molecule has 1 aliphatic heterocycles. The Morgan fingerprint density at radius 2 is 2.03 bits per heavy atom. The minimum absolute atomic E-state index is 0.0165.